The SMILES string of the molecule is CC(C)C(NC(=O)OC(C)(C)C)C(=O)N1CCCC1c1ncc(-c2ccc(-c3ccc(-c4cnc(C5CCCN5C(=O)C(NC(=O)O)C(C)C)[nH]4)c4c3C3CCC3C4)cc2)[nH]1. The second-order valence-electron chi connectivity index (χ2n) is 19.1. The Morgan fingerprint density at radius 2 is 1.28 bits per heavy atom. The molecule has 2 aliphatic carbocycles. The third kappa shape index (κ3) is 8.37. The molecule has 1 saturated carbocycles. The van der Waals surface area contributed by atoms with Crippen LogP contribution in [0.15, 0.2) is 48.8 Å². The van der Waals surface area contributed by atoms with Crippen molar-refractivity contribution >= 4 is 24.0 Å². The number of imidazole rings is 2. The largest absolute Gasteiger partial charge is 0.465 e. The molecule has 2 saturated heterocycles. The van der Waals surface area contributed by atoms with E-state index in [0.29, 0.717) is 24.9 Å². The van der Waals surface area contributed by atoms with Gasteiger partial charge >= 0.3 is 12.2 Å². The number of amides is 4. The number of benzene rings is 2. The summed E-state index contributed by atoms with van der Waals surface area (Å²) in [6.45, 7) is 14.1. The van der Waals surface area contributed by atoms with Crippen LogP contribution in [0.1, 0.15) is 128 Å². The van der Waals surface area contributed by atoms with Gasteiger partial charge in [-0.25, -0.2) is 19.6 Å². The monoisotopic (exact) mass is 832 g/mol. The van der Waals surface area contributed by atoms with E-state index in [1.54, 1.807) is 25.7 Å². The van der Waals surface area contributed by atoms with Crippen molar-refractivity contribution in [3.8, 4) is 33.6 Å². The highest BCUT2D eigenvalue weighted by Crippen LogP contribution is 2.56. The van der Waals surface area contributed by atoms with Gasteiger partial charge in [0.15, 0.2) is 0 Å². The smallest absolute Gasteiger partial charge is 0.408 e. The van der Waals surface area contributed by atoms with E-state index in [4.69, 9.17) is 14.7 Å². The van der Waals surface area contributed by atoms with E-state index < -0.39 is 29.9 Å². The molecule has 8 rings (SSSR count). The van der Waals surface area contributed by atoms with Crippen LogP contribution in [0.3, 0.4) is 0 Å². The number of likely N-dealkylation sites (tertiary alicyclic amines) is 2. The third-order valence-electron chi connectivity index (χ3n) is 13.1. The lowest BCUT2D eigenvalue weighted by molar-refractivity contribution is -0.136. The van der Waals surface area contributed by atoms with Gasteiger partial charge in [-0.2, -0.15) is 0 Å². The maximum atomic E-state index is 13.9. The van der Waals surface area contributed by atoms with Gasteiger partial charge in [0.05, 0.1) is 35.9 Å². The fourth-order valence-corrected chi connectivity index (χ4v) is 9.97. The van der Waals surface area contributed by atoms with Gasteiger partial charge in [0.2, 0.25) is 11.8 Å². The Hall–Kier alpha value is -5.66. The zero-order valence-electron chi connectivity index (χ0n) is 36.4. The minimum Gasteiger partial charge on any atom is -0.465 e. The van der Waals surface area contributed by atoms with Crippen molar-refractivity contribution < 1.29 is 29.0 Å². The lowest BCUT2D eigenvalue weighted by Crippen LogP contribution is -2.52. The molecule has 2 aromatic carbocycles. The Kier molecular flexibility index (Phi) is 11.5. The standard InChI is InChI=1S/C47H60N8O6/c1-25(2)39(52-45(58)59)43(56)54-20-9-11-37(54)42-49-24-35(51-42)32-19-18-30(38-31-17-16-29(31)22-33(32)38)27-12-14-28(15-13-27)34-23-48-41(50-34)36-10-8-21-55(36)44(57)40(26(3)4)53-46(60)61-47(5,6)7/h12-15,18-19,23-26,29,31,36-37,39-40,52H,8-11,16-17,20-22H2,1-7H3,(H,48,50)(H,49,51)(H,53,60)(H,58,59). The number of aromatic amines is 2. The summed E-state index contributed by atoms with van der Waals surface area (Å²) >= 11 is 0. The van der Waals surface area contributed by atoms with Crippen molar-refractivity contribution in [1.29, 1.82) is 0 Å². The van der Waals surface area contributed by atoms with E-state index in [1.807, 2.05) is 45.0 Å². The van der Waals surface area contributed by atoms with E-state index in [2.05, 4.69) is 57.0 Å². The van der Waals surface area contributed by atoms with E-state index in [0.717, 1.165) is 71.8 Å². The number of H-pyrrole nitrogens is 2. The number of nitrogens with one attached hydrogen (secondary N) is 4. The fraction of sp³-hybridized carbons (Fsp3) is 0.532. The van der Waals surface area contributed by atoms with E-state index in [-0.39, 0.29) is 35.7 Å². The molecule has 4 aliphatic rings. The number of hydrogen-bond donors (Lipinski definition) is 5. The molecule has 0 radical (unpaired) electrons. The van der Waals surface area contributed by atoms with Crippen LogP contribution in [0.4, 0.5) is 9.59 Å². The first-order valence-electron chi connectivity index (χ1n) is 22.0. The summed E-state index contributed by atoms with van der Waals surface area (Å²) in [6.07, 6.45) is 8.55. The average Bonchev–Trinajstić information content (AvgIpc) is 4.04. The Balaban J connectivity index is 0.996. The minimum absolute atomic E-state index is 0.126. The van der Waals surface area contributed by atoms with E-state index in [1.165, 1.54) is 29.5 Å². The molecule has 4 amide bonds. The second kappa shape index (κ2) is 16.7. The normalized spacial score (nSPS) is 21.9. The van der Waals surface area contributed by atoms with Gasteiger partial charge in [0.1, 0.15) is 29.3 Å². The van der Waals surface area contributed by atoms with Gasteiger partial charge in [0.25, 0.3) is 0 Å². The summed E-state index contributed by atoms with van der Waals surface area (Å²) in [6, 6.07) is 11.1. The first-order chi connectivity index (χ1) is 29.1. The molecule has 61 heavy (non-hydrogen) atoms. The third-order valence-corrected chi connectivity index (χ3v) is 13.1. The number of rotatable bonds is 11. The molecular weight excluding hydrogens is 773 g/mol. The van der Waals surface area contributed by atoms with Crippen LogP contribution in [-0.4, -0.2) is 89.6 Å². The van der Waals surface area contributed by atoms with Crippen LogP contribution in [0.2, 0.25) is 0 Å². The van der Waals surface area contributed by atoms with Crippen molar-refractivity contribution in [2.24, 2.45) is 17.8 Å². The fourth-order valence-electron chi connectivity index (χ4n) is 9.97. The van der Waals surface area contributed by atoms with Crippen LogP contribution in [0.25, 0.3) is 33.6 Å². The molecule has 4 aromatic rings. The van der Waals surface area contributed by atoms with E-state index >= 15 is 0 Å². The number of aromatic nitrogens is 4. The van der Waals surface area contributed by atoms with Crippen LogP contribution >= 0.6 is 0 Å². The second-order valence-corrected chi connectivity index (χ2v) is 19.1. The van der Waals surface area contributed by atoms with Gasteiger partial charge in [-0.3, -0.25) is 9.59 Å². The highest BCUT2D eigenvalue weighted by Gasteiger charge is 2.43. The van der Waals surface area contributed by atoms with Crippen molar-refractivity contribution in [1.82, 2.24) is 40.4 Å². The lowest BCUT2D eigenvalue weighted by atomic mass is 9.73. The summed E-state index contributed by atoms with van der Waals surface area (Å²) in [5.41, 5.74) is 8.49. The molecule has 2 aliphatic heterocycles. The van der Waals surface area contributed by atoms with E-state index in [9.17, 15) is 24.3 Å². The first kappa shape index (κ1) is 42.0. The molecule has 3 fully saturated rings. The highest BCUT2D eigenvalue weighted by atomic mass is 16.6. The van der Waals surface area contributed by atoms with Crippen molar-refractivity contribution in [3.63, 3.8) is 0 Å². The maximum absolute atomic E-state index is 13.9. The molecule has 4 heterocycles. The quantitative estimate of drug-likeness (QED) is 0.0998. The van der Waals surface area contributed by atoms with Gasteiger partial charge in [-0.05, 0) is 117 Å². The predicted molar refractivity (Wildman–Crippen MR) is 231 cm³/mol. The van der Waals surface area contributed by atoms with Crippen LogP contribution < -0.4 is 10.6 Å². The summed E-state index contributed by atoms with van der Waals surface area (Å²) in [5, 5.41) is 14.6. The minimum atomic E-state index is -1.20. The molecule has 2 aromatic heterocycles. The molecule has 0 bridgehead atoms. The molecule has 0 spiro atoms. The topological polar surface area (TPSA) is 186 Å². The molecule has 5 N–H and O–H groups in total. The van der Waals surface area contributed by atoms with Gasteiger partial charge in [-0.1, -0.05) is 64.1 Å². The number of alkyl carbamates (subject to hydrolysis) is 1. The van der Waals surface area contributed by atoms with Crippen LogP contribution in [0, 0.1) is 17.8 Å². The Morgan fingerprint density at radius 3 is 1.82 bits per heavy atom. The maximum Gasteiger partial charge on any atom is 0.408 e. The summed E-state index contributed by atoms with van der Waals surface area (Å²) in [5.74, 6) is 1.96. The number of carbonyl (C=O) groups is 4. The first-order valence-corrected chi connectivity index (χ1v) is 22.0. The van der Waals surface area contributed by atoms with Crippen molar-refractivity contribution in [2.75, 3.05) is 13.1 Å². The van der Waals surface area contributed by atoms with Gasteiger partial charge in [-0.15, -0.1) is 0 Å². The summed E-state index contributed by atoms with van der Waals surface area (Å²) in [7, 11) is 0. The number of carboxylic acid groups (broad SMARTS) is 1. The molecule has 324 valence electrons. The molecule has 6 atom stereocenters. The van der Waals surface area contributed by atoms with Crippen molar-refractivity contribution in [2.45, 2.75) is 129 Å². The summed E-state index contributed by atoms with van der Waals surface area (Å²) in [4.78, 5) is 71.9. The number of nitrogens with zero attached hydrogens (tertiary/aromatic N) is 4. The van der Waals surface area contributed by atoms with Crippen LogP contribution in [0.5, 0.6) is 0 Å². The number of fused-ring (bicyclic) bond motifs is 3. The molecule has 14 heteroatoms. The zero-order chi connectivity index (χ0) is 43.3. The Morgan fingerprint density at radius 1 is 0.738 bits per heavy atom. The van der Waals surface area contributed by atoms with Gasteiger partial charge < -0.3 is 40.2 Å². The van der Waals surface area contributed by atoms with Gasteiger partial charge in [0, 0.05) is 18.7 Å². The number of ether oxygens (including phenoxy) is 1. The lowest BCUT2D eigenvalue weighted by Gasteiger charge is -2.31. The molecule has 14 nitrogen and oxygen atoms in total. The Bertz CT molecular complexity index is 2290. The zero-order valence-corrected chi connectivity index (χ0v) is 36.4. The average molecular weight is 833 g/mol. The number of carbonyl (C=O) groups excluding carboxylic acids is 3. The summed E-state index contributed by atoms with van der Waals surface area (Å²) < 4.78 is 5.47. The van der Waals surface area contributed by atoms with Crippen LogP contribution in [-0.2, 0) is 20.7 Å². The Labute approximate surface area is 357 Å². The molecule has 6 unspecified atom stereocenters. The number of hydrogen-bond acceptors (Lipinski definition) is 7. The predicted octanol–water partition coefficient (Wildman–Crippen LogP) is 8.35. The molecular formula is C47H60N8O6. The highest BCUT2D eigenvalue weighted by molar-refractivity contribution is 5.87. The van der Waals surface area contributed by atoms with Crippen molar-refractivity contribution in [3.05, 3.63) is 71.6 Å².